The molecule has 0 spiro atoms. The fourth-order valence-corrected chi connectivity index (χ4v) is 1.99. The molecule has 1 saturated heterocycles. The van der Waals surface area contributed by atoms with Crippen LogP contribution in [-0.2, 0) is 9.53 Å². The quantitative estimate of drug-likeness (QED) is 0.746. The Balaban J connectivity index is 2.41. The number of nitrogens with zero attached hydrogens (tertiary/aromatic N) is 1. The van der Waals surface area contributed by atoms with Crippen molar-refractivity contribution < 1.29 is 18.7 Å². The summed E-state index contributed by atoms with van der Waals surface area (Å²) in [5, 5.41) is -0.967. The molecule has 0 N–H and O–H groups in total. The van der Waals surface area contributed by atoms with Crippen molar-refractivity contribution in [2.75, 3.05) is 13.1 Å². The van der Waals surface area contributed by atoms with Crippen LogP contribution in [0.25, 0.3) is 0 Å². The Morgan fingerprint density at radius 2 is 2.11 bits per heavy atom. The van der Waals surface area contributed by atoms with Crippen LogP contribution in [0, 0.1) is 5.92 Å². The van der Waals surface area contributed by atoms with Gasteiger partial charge in [-0.3, -0.25) is 4.79 Å². The van der Waals surface area contributed by atoms with Gasteiger partial charge in [0.25, 0.3) is 5.24 Å². The summed E-state index contributed by atoms with van der Waals surface area (Å²) < 4.78 is 18.4. The molecule has 0 aromatic rings. The molecule has 1 amide bonds. The third kappa shape index (κ3) is 4.80. The molecule has 104 valence electrons. The van der Waals surface area contributed by atoms with Gasteiger partial charge in [-0.25, -0.2) is 9.18 Å². The first-order chi connectivity index (χ1) is 8.19. The summed E-state index contributed by atoms with van der Waals surface area (Å²) in [5.74, 6) is -0.0322. The van der Waals surface area contributed by atoms with Gasteiger partial charge >= 0.3 is 6.09 Å². The van der Waals surface area contributed by atoms with Gasteiger partial charge in [-0.1, -0.05) is 0 Å². The number of hydrogen-bond acceptors (Lipinski definition) is 3. The molecule has 2 atom stereocenters. The van der Waals surface area contributed by atoms with Crippen LogP contribution in [-0.4, -0.2) is 41.1 Å². The van der Waals surface area contributed by atoms with E-state index in [1.807, 2.05) is 0 Å². The van der Waals surface area contributed by atoms with Crippen molar-refractivity contribution in [1.29, 1.82) is 0 Å². The maximum absolute atomic E-state index is 13.2. The summed E-state index contributed by atoms with van der Waals surface area (Å²) in [6.45, 7) is 6.33. The van der Waals surface area contributed by atoms with Gasteiger partial charge in [-0.05, 0) is 51.1 Å². The molecule has 6 heteroatoms. The Hall–Kier alpha value is -0.840. The molecule has 0 aromatic heterocycles. The lowest BCUT2D eigenvalue weighted by atomic mass is 10.0. The van der Waals surface area contributed by atoms with Crippen LogP contribution >= 0.6 is 11.6 Å². The van der Waals surface area contributed by atoms with Gasteiger partial charge in [-0.2, -0.15) is 0 Å². The second-order valence-corrected chi connectivity index (χ2v) is 5.96. The number of carbonyl (C=O) groups is 2. The molecule has 1 aliphatic rings. The van der Waals surface area contributed by atoms with E-state index >= 15 is 0 Å². The molecule has 0 saturated carbocycles. The predicted molar refractivity (Wildman–Crippen MR) is 66.3 cm³/mol. The molecule has 0 aromatic carbocycles. The lowest BCUT2D eigenvalue weighted by Gasteiger charge is -2.24. The fourth-order valence-electron chi connectivity index (χ4n) is 1.90. The molecule has 0 radical (unpaired) electrons. The van der Waals surface area contributed by atoms with Crippen LogP contribution in [0.2, 0.25) is 0 Å². The first-order valence-electron chi connectivity index (χ1n) is 6.00. The molecule has 0 aliphatic carbocycles. The Bertz CT molecular complexity index is 330. The lowest BCUT2D eigenvalue weighted by molar-refractivity contribution is -0.116. The van der Waals surface area contributed by atoms with E-state index in [2.05, 4.69) is 0 Å². The minimum atomic E-state index is -1.64. The van der Waals surface area contributed by atoms with E-state index in [0.717, 1.165) is 0 Å². The van der Waals surface area contributed by atoms with E-state index in [1.165, 1.54) is 0 Å². The smallest absolute Gasteiger partial charge is 0.410 e. The summed E-state index contributed by atoms with van der Waals surface area (Å²) in [4.78, 5) is 23.9. The minimum Gasteiger partial charge on any atom is -0.444 e. The van der Waals surface area contributed by atoms with Crippen molar-refractivity contribution in [3.05, 3.63) is 0 Å². The first kappa shape index (κ1) is 15.2. The summed E-state index contributed by atoms with van der Waals surface area (Å²) in [6.07, 6.45) is -1.29. The number of alkyl halides is 1. The summed E-state index contributed by atoms with van der Waals surface area (Å²) in [6, 6.07) is 0. The summed E-state index contributed by atoms with van der Waals surface area (Å²) in [5.41, 5.74) is -0.538. The number of rotatable bonds is 3. The molecular formula is C12H19ClFNO3. The molecule has 1 aliphatic heterocycles. The van der Waals surface area contributed by atoms with Gasteiger partial charge in [0.1, 0.15) is 5.60 Å². The summed E-state index contributed by atoms with van der Waals surface area (Å²) >= 11 is 5.07. The Kier molecular flexibility index (Phi) is 4.96. The molecular weight excluding hydrogens is 261 g/mol. The Morgan fingerprint density at radius 3 is 2.61 bits per heavy atom. The molecule has 2 unspecified atom stereocenters. The maximum Gasteiger partial charge on any atom is 0.410 e. The van der Waals surface area contributed by atoms with Crippen LogP contribution in [0.4, 0.5) is 9.18 Å². The Labute approximate surface area is 111 Å². The van der Waals surface area contributed by atoms with E-state index in [0.29, 0.717) is 19.5 Å². The van der Waals surface area contributed by atoms with E-state index in [4.69, 9.17) is 16.3 Å². The van der Waals surface area contributed by atoms with Crippen LogP contribution in [0.1, 0.15) is 33.6 Å². The summed E-state index contributed by atoms with van der Waals surface area (Å²) in [7, 11) is 0. The van der Waals surface area contributed by atoms with E-state index in [-0.39, 0.29) is 12.3 Å². The normalized spacial score (nSPS) is 21.8. The SMILES string of the molecule is CC(C)(C)OC(=O)N1CCC(CC(F)C(=O)Cl)C1. The van der Waals surface area contributed by atoms with Crippen molar-refractivity contribution in [3.8, 4) is 0 Å². The molecule has 4 nitrogen and oxygen atoms in total. The number of amides is 1. The number of hydrogen-bond donors (Lipinski definition) is 0. The van der Waals surface area contributed by atoms with E-state index in [1.54, 1.807) is 25.7 Å². The van der Waals surface area contributed by atoms with Gasteiger partial charge < -0.3 is 9.64 Å². The zero-order valence-corrected chi connectivity index (χ0v) is 11.7. The molecule has 0 bridgehead atoms. The van der Waals surface area contributed by atoms with Gasteiger partial charge in [0.2, 0.25) is 0 Å². The standard InChI is InChI=1S/C12H19ClFNO3/c1-12(2,3)18-11(17)15-5-4-8(7-15)6-9(14)10(13)16/h8-9H,4-7H2,1-3H3. The number of carbonyl (C=O) groups excluding carboxylic acids is 2. The Morgan fingerprint density at radius 1 is 1.50 bits per heavy atom. The van der Waals surface area contributed by atoms with Crippen molar-refractivity contribution in [3.63, 3.8) is 0 Å². The van der Waals surface area contributed by atoms with E-state index < -0.39 is 23.1 Å². The van der Waals surface area contributed by atoms with Crippen LogP contribution in [0.15, 0.2) is 0 Å². The highest BCUT2D eigenvalue weighted by Crippen LogP contribution is 2.24. The monoisotopic (exact) mass is 279 g/mol. The van der Waals surface area contributed by atoms with Gasteiger partial charge in [0.05, 0.1) is 0 Å². The van der Waals surface area contributed by atoms with Crippen molar-refractivity contribution in [2.24, 2.45) is 5.92 Å². The van der Waals surface area contributed by atoms with Gasteiger partial charge in [0, 0.05) is 13.1 Å². The predicted octanol–water partition coefficient (Wildman–Crippen LogP) is 2.74. The third-order valence-electron chi connectivity index (χ3n) is 2.72. The molecule has 1 fully saturated rings. The lowest BCUT2D eigenvalue weighted by Crippen LogP contribution is -2.35. The van der Waals surface area contributed by atoms with Crippen LogP contribution in [0.3, 0.4) is 0 Å². The number of halogens is 2. The van der Waals surface area contributed by atoms with Gasteiger partial charge in [-0.15, -0.1) is 0 Å². The zero-order valence-electron chi connectivity index (χ0n) is 10.9. The third-order valence-corrected chi connectivity index (χ3v) is 2.96. The maximum atomic E-state index is 13.2. The second kappa shape index (κ2) is 5.87. The minimum absolute atomic E-state index is 0.0322. The van der Waals surface area contributed by atoms with Gasteiger partial charge in [0.15, 0.2) is 6.17 Å². The van der Waals surface area contributed by atoms with Crippen molar-refractivity contribution in [2.45, 2.75) is 45.4 Å². The molecule has 1 rings (SSSR count). The largest absolute Gasteiger partial charge is 0.444 e. The first-order valence-corrected chi connectivity index (χ1v) is 6.38. The fraction of sp³-hybridized carbons (Fsp3) is 0.833. The average molecular weight is 280 g/mol. The highest BCUT2D eigenvalue weighted by atomic mass is 35.5. The highest BCUT2D eigenvalue weighted by Gasteiger charge is 2.32. The highest BCUT2D eigenvalue weighted by molar-refractivity contribution is 6.64. The molecule has 18 heavy (non-hydrogen) atoms. The topological polar surface area (TPSA) is 46.6 Å². The van der Waals surface area contributed by atoms with Crippen molar-refractivity contribution >= 4 is 22.9 Å². The number of ether oxygens (including phenoxy) is 1. The van der Waals surface area contributed by atoms with Crippen LogP contribution < -0.4 is 0 Å². The van der Waals surface area contributed by atoms with Crippen molar-refractivity contribution in [1.82, 2.24) is 4.90 Å². The zero-order chi connectivity index (χ0) is 13.9. The molecule has 1 heterocycles. The number of likely N-dealkylation sites (tertiary alicyclic amines) is 1. The second-order valence-electron chi connectivity index (χ2n) is 5.59. The van der Waals surface area contributed by atoms with Crippen LogP contribution in [0.5, 0.6) is 0 Å². The van der Waals surface area contributed by atoms with E-state index in [9.17, 15) is 14.0 Å². The average Bonchev–Trinajstić information content (AvgIpc) is 2.63.